The molecular formula is C7H14O5. The normalized spacial score (nSPS) is 43.0. The van der Waals surface area contributed by atoms with Crippen LogP contribution < -0.4 is 0 Å². The van der Waals surface area contributed by atoms with Crippen LogP contribution in [0.5, 0.6) is 0 Å². The smallest absolute Gasteiger partial charge is 0.185 e. The van der Waals surface area contributed by atoms with Gasteiger partial charge >= 0.3 is 0 Å². The largest absolute Gasteiger partial charge is 0.387 e. The highest BCUT2D eigenvalue weighted by atomic mass is 16.7. The van der Waals surface area contributed by atoms with Crippen LogP contribution in [0.15, 0.2) is 0 Å². The van der Waals surface area contributed by atoms with E-state index in [-0.39, 0.29) is 6.61 Å². The van der Waals surface area contributed by atoms with Gasteiger partial charge in [0.05, 0.1) is 6.61 Å². The van der Waals surface area contributed by atoms with Crippen LogP contribution in [-0.2, 0) is 14.2 Å². The molecule has 72 valence electrons. The SMILES string of the molecule is CO[C@H]1OC[C@@H](OC)[C@H](O)[C@H]1O. The van der Waals surface area contributed by atoms with Gasteiger partial charge in [0.15, 0.2) is 6.29 Å². The van der Waals surface area contributed by atoms with Crippen LogP contribution in [0.1, 0.15) is 0 Å². The number of ether oxygens (including phenoxy) is 3. The van der Waals surface area contributed by atoms with Crippen LogP contribution in [0.2, 0.25) is 0 Å². The molecule has 1 aliphatic rings. The summed E-state index contributed by atoms with van der Waals surface area (Å²) in [5.41, 5.74) is 0. The van der Waals surface area contributed by atoms with E-state index in [0.717, 1.165) is 0 Å². The average Bonchev–Trinajstić information content (AvgIpc) is 2.10. The van der Waals surface area contributed by atoms with E-state index in [9.17, 15) is 10.2 Å². The molecule has 12 heavy (non-hydrogen) atoms. The number of rotatable bonds is 2. The van der Waals surface area contributed by atoms with E-state index in [4.69, 9.17) is 14.2 Å². The summed E-state index contributed by atoms with van der Waals surface area (Å²) in [4.78, 5) is 0. The van der Waals surface area contributed by atoms with E-state index >= 15 is 0 Å². The van der Waals surface area contributed by atoms with Crippen LogP contribution in [-0.4, -0.2) is 55.6 Å². The Kier molecular flexibility index (Phi) is 3.42. The molecule has 0 amide bonds. The van der Waals surface area contributed by atoms with E-state index in [1.807, 2.05) is 0 Å². The molecule has 0 radical (unpaired) electrons. The number of hydrogen-bond donors (Lipinski definition) is 2. The van der Waals surface area contributed by atoms with Gasteiger partial charge in [-0.15, -0.1) is 0 Å². The minimum Gasteiger partial charge on any atom is -0.387 e. The maximum absolute atomic E-state index is 9.40. The summed E-state index contributed by atoms with van der Waals surface area (Å²) in [5, 5.41) is 18.8. The third-order valence-electron chi connectivity index (χ3n) is 1.97. The summed E-state index contributed by atoms with van der Waals surface area (Å²) < 4.78 is 14.7. The fourth-order valence-electron chi connectivity index (χ4n) is 1.18. The first-order valence-corrected chi connectivity index (χ1v) is 3.74. The Morgan fingerprint density at radius 1 is 1.17 bits per heavy atom. The van der Waals surface area contributed by atoms with Crippen molar-refractivity contribution in [2.24, 2.45) is 0 Å². The van der Waals surface area contributed by atoms with Crippen LogP contribution in [0.25, 0.3) is 0 Å². The molecule has 0 aromatic carbocycles. The molecule has 0 bridgehead atoms. The van der Waals surface area contributed by atoms with Crippen molar-refractivity contribution in [2.75, 3.05) is 20.8 Å². The molecule has 4 atom stereocenters. The predicted octanol–water partition coefficient (Wildman–Crippen LogP) is -1.27. The molecule has 1 heterocycles. The number of aliphatic hydroxyl groups excluding tert-OH is 2. The van der Waals surface area contributed by atoms with Crippen LogP contribution in [0, 0.1) is 0 Å². The van der Waals surface area contributed by atoms with Gasteiger partial charge in [-0.25, -0.2) is 0 Å². The highest BCUT2D eigenvalue weighted by Gasteiger charge is 2.38. The second-order valence-corrected chi connectivity index (χ2v) is 2.69. The molecule has 5 heteroatoms. The standard InChI is InChI=1S/C7H14O5/c1-10-4-3-12-7(11-2)6(9)5(4)8/h4-9H,3H2,1-2H3/t4-,5+,6-,7+/m1/s1. The summed E-state index contributed by atoms with van der Waals surface area (Å²) in [6.45, 7) is 0.229. The second-order valence-electron chi connectivity index (χ2n) is 2.69. The zero-order chi connectivity index (χ0) is 9.14. The average molecular weight is 178 g/mol. The molecule has 2 N–H and O–H groups in total. The van der Waals surface area contributed by atoms with Crippen molar-refractivity contribution in [3.63, 3.8) is 0 Å². The zero-order valence-corrected chi connectivity index (χ0v) is 7.14. The van der Waals surface area contributed by atoms with Crippen LogP contribution >= 0.6 is 0 Å². The highest BCUT2D eigenvalue weighted by Crippen LogP contribution is 2.17. The van der Waals surface area contributed by atoms with Gasteiger partial charge < -0.3 is 24.4 Å². The summed E-state index contributed by atoms with van der Waals surface area (Å²) >= 11 is 0. The Balaban J connectivity index is 2.52. The van der Waals surface area contributed by atoms with Gasteiger partial charge in [-0.1, -0.05) is 0 Å². The van der Waals surface area contributed by atoms with Crippen LogP contribution in [0.3, 0.4) is 0 Å². The molecule has 0 saturated carbocycles. The third kappa shape index (κ3) is 1.75. The Hall–Kier alpha value is -0.200. The van der Waals surface area contributed by atoms with Gasteiger partial charge in [0, 0.05) is 14.2 Å². The van der Waals surface area contributed by atoms with Gasteiger partial charge in [0.1, 0.15) is 18.3 Å². The second kappa shape index (κ2) is 4.15. The minimum atomic E-state index is -1.05. The summed E-state index contributed by atoms with van der Waals surface area (Å²) in [5.74, 6) is 0. The first kappa shape index (κ1) is 9.88. The lowest BCUT2D eigenvalue weighted by Gasteiger charge is -2.35. The van der Waals surface area contributed by atoms with Gasteiger partial charge in [0.25, 0.3) is 0 Å². The molecule has 1 saturated heterocycles. The molecule has 0 aromatic rings. The molecule has 1 rings (SSSR count). The fraction of sp³-hybridized carbons (Fsp3) is 1.00. The van der Waals surface area contributed by atoms with Gasteiger partial charge in [0.2, 0.25) is 0 Å². The van der Waals surface area contributed by atoms with Crippen molar-refractivity contribution in [1.29, 1.82) is 0 Å². The van der Waals surface area contributed by atoms with E-state index in [0.29, 0.717) is 0 Å². The lowest BCUT2D eigenvalue weighted by Crippen LogP contribution is -2.54. The number of hydrogen-bond acceptors (Lipinski definition) is 5. The molecule has 0 aliphatic carbocycles. The maximum Gasteiger partial charge on any atom is 0.185 e. The summed E-state index contributed by atoms with van der Waals surface area (Å²) in [7, 11) is 2.87. The minimum absolute atomic E-state index is 0.229. The first-order valence-electron chi connectivity index (χ1n) is 3.74. The highest BCUT2D eigenvalue weighted by molar-refractivity contribution is 4.83. The lowest BCUT2D eigenvalue weighted by molar-refractivity contribution is -0.265. The predicted molar refractivity (Wildman–Crippen MR) is 39.6 cm³/mol. The van der Waals surface area contributed by atoms with Crippen LogP contribution in [0.4, 0.5) is 0 Å². The Morgan fingerprint density at radius 3 is 2.33 bits per heavy atom. The van der Waals surface area contributed by atoms with Crippen molar-refractivity contribution < 1.29 is 24.4 Å². The quantitative estimate of drug-likeness (QED) is 0.551. The van der Waals surface area contributed by atoms with Crippen molar-refractivity contribution in [2.45, 2.75) is 24.6 Å². The zero-order valence-electron chi connectivity index (χ0n) is 7.14. The van der Waals surface area contributed by atoms with E-state index in [2.05, 4.69) is 0 Å². The van der Waals surface area contributed by atoms with Crippen molar-refractivity contribution in [1.82, 2.24) is 0 Å². The van der Waals surface area contributed by atoms with Gasteiger partial charge in [-0.3, -0.25) is 0 Å². The summed E-state index contributed by atoms with van der Waals surface area (Å²) in [6, 6.07) is 0. The Bertz CT molecular complexity index is 124. The monoisotopic (exact) mass is 178 g/mol. The number of aliphatic hydroxyl groups is 2. The Labute approximate surface area is 70.9 Å². The van der Waals surface area contributed by atoms with Crippen molar-refractivity contribution in [3.05, 3.63) is 0 Å². The molecule has 5 nitrogen and oxygen atoms in total. The molecule has 0 unspecified atom stereocenters. The Morgan fingerprint density at radius 2 is 1.83 bits per heavy atom. The maximum atomic E-state index is 9.40. The lowest BCUT2D eigenvalue weighted by atomic mass is 10.1. The van der Waals surface area contributed by atoms with Crippen molar-refractivity contribution in [3.8, 4) is 0 Å². The first-order chi connectivity index (χ1) is 5.70. The fourth-order valence-corrected chi connectivity index (χ4v) is 1.18. The van der Waals surface area contributed by atoms with Gasteiger partial charge in [-0.05, 0) is 0 Å². The van der Waals surface area contributed by atoms with Crippen molar-refractivity contribution >= 4 is 0 Å². The molecule has 1 fully saturated rings. The topological polar surface area (TPSA) is 68.2 Å². The van der Waals surface area contributed by atoms with E-state index in [1.54, 1.807) is 0 Å². The third-order valence-corrected chi connectivity index (χ3v) is 1.97. The molecule has 0 aromatic heterocycles. The van der Waals surface area contributed by atoms with E-state index in [1.165, 1.54) is 14.2 Å². The summed E-state index contributed by atoms with van der Waals surface area (Å²) in [6.07, 6.45) is -3.24. The van der Waals surface area contributed by atoms with Gasteiger partial charge in [-0.2, -0.15) is 0 Å². The number of methoxy groups -OCH3 is 2. The molecule has 1 aliphatic heterocycles. The van der Waals surface area contributed by atoms with E-state index < -0.39 is 24.6 Å². The molecular weight excluding hydrogens is 164 g/mol. The molecule has 0 spiro atoms.